The predicted molar refractivity (Wildman–Crippen MR) is 199 cm³/mol. The molecule has 0 heterocycles. The Morgan fingerprint density at radius 3 is 1.26 bits per heavy atom. The molecule has 0 saturated carbocycles. The Morgan fingerprint density at radius 2 is 0.880 bits per heavy atom. The second-order valence-electron chi connectivity index (χ2n) is 11.5. The first-order valence-electron chi connectivity index (χ1n) is 16.2. The van der Waals surface area contributed by atoms with Gasteiger partial charge < -0.3 is 39.7 Å². The number of hydrogen-bond donors (Lipinski definition) is 4. The summed E-state index contributed by atoms with van der Waals surface area (Å²) >= 11 is 0. The van der Waals surface area contributed by atoms with Crippen LogP contribution in [0, 0.1) is 0 Å². The van der Waals surface area contributed by atoms with Gasteiger partial charge in [-0.1, -0.05) is 60.7 Å². The van der Waals surface area contributed by atoms with Crippen molar-refractivity contribution in [2.45, 2.75) is 6.10 Å². The number of benzene rings is 6. The summed E-state index contributed by atoms with van der Waals surface area (Å²) in [6.45, 7) is -0.450. The van der Waals surface area contributed by atoms with Gasteiger partial charge in [-0.3, -0.25) is 0 Å². The normalized spacial score (nSPS) is 11.8. The Kier molecular flexibility index (Phi) is 10.9. The van der Waals surface area contributed by atoms with Crippen molar-refractivity contribution in [1.82, 2.24) is 0 Å². The molecule has 0 aromatic heterocycles. The van der Waals surface area contributed by atoms with E-state index in [4.69, 9.17) is 19.7 Å². The quantitative estimate of drug-likeness (QED) is 0.0853. The number of ether oxygens (including phenoxy) is 2. The molecular formula is C42H38N2O6. The summed E-state index contributed by atoms with van der Waals surface area (Å²) in [5.41, 5.74) is 8.03. The lowest BCUT2D eigenvalue weighted by molar-refractivity contribution is 0.0536. The number of anilines is 6. The Hall–Kier alpha value is -6.22. The van der Waals surface area contributed by atoms with Gasteiger partial charge in [0.2, 0.25) is 0 Å². The summed E-state index contributed by atoms with van der Waals surface area (Å²) in [6.07, 6.45) is -0.304. The number of para-hydroxylation sites is 2. The third-order valence-electron chi connectivity index (χ3n) is 7.99. The maximum absolute atomic E-state index is 9.64. The van der Waals surface area contributed by atoms with Crippen molar-refractivity contribution in [1.29, 1.82) is 0 Å². The molecule has 8 nitrogen and oxygen atoms in total. The van der Waals surface area contributed by atoms with E-state index in [0.29, 0.717) is 17.8 Å². The van der Waals surface area contributed by atoms with Gasteiger partial charge in [-0.15, -0.1) is 0 Å². The molecule has 4 N–H and O–H groups in total. The molecular weight excluding hydrogens is 628 g/mol. The smallest absolute Gasteiger partial charge is 0.164 e. The number of aliphatic hydroxyl groups is 4. The van der Waals surface area contributed by atoms with Crippen LogP contribution in [0.5, 0.6) is 11.5 Å². The molecule has 0 spiro atoms. The maximum Gasteiger partial charge on any atom is 0.164 e. The van der Waals surface area contributed by atoms with E-state index in [1.54, 1.807) is 0 Å². The van der Waals surface area contributed by atoms with E-state index >= 15 is 0 Å². The lowest BCUT2D eigenvalue weighted by atomic mass is 10.0. The standard InChI is InChI=1S/C42H38N2O6/c45-27-39(47)29-49-41-23-19-37(20-24-41)43(33-7-3-1-4-8-33)35-15-11-31(12-16-35)32-13-17-36(18-14-32)44(34-9-5-2-6-10-34)38-21-25-42(26-22-38)50-30-40(48)28-46/h1-27,40,45-48H,28-30H2/b39-27+. The van der Waals surface area contributed by atoms with E-state index in [1.165, 1.54) is 0 Å². The zero-order valence-corrected chi connectivity index (χ0v) is 27.3. The minimum Gasteiger partial charge on any atom is -0.512 e. The maximum atomic E-state index is 9.64. The molecule has 0 amide bonds. The summed E-state index contributed by atoms with van der Waals surface area (Å²) in [7, 11) is 0. The third kappa shape index (κ3) is 8.25. The van der Waals surface area contributed by atoms with Gasteiger partial charge in [0.25, 0.3) is 0 Å². The molecule has 0 radical (unpaired) electrons. The fourth-order valence-corrected chi connectivity index (χ4v) is 5.48. The van der Waals surface area contributed by atoms with Crippen molar-refractivity contribution < 1.29 is 29.9 Å². The zero-order valence-electron chi connectivity index (χ0n) is 27.3. The first-order valence-corrected chi connectivity index (χ1v) is 16.2. The molecule has 1 unspecified atom stereocenters. The summed E-state index contributed by atoms with van der Waals surface area (Å²) in [6, 6.07) is 52.3. The molecule has 0 aliphatic heterocycles. The van der Waals surface area contributed by atoms with Gasteiger partial charge in [0.15, 0.2) is 5.76 Å². The second kappa shape index (κ2) is 16.3. The summed E-state index contributed by atoms with van der Waals surface area (Å²) in [5, 5.41) is 37.1. The van der Waals surface area contributed by atoms with Crippen LogP contribution in [0.3, 0.4) is 0 Å². The van der Waals surface area contributed by atoms with E-state index in [9.17, 15) is 10.2 Å². The number of hydrogen-bond acceptors (Lipinski definition) is 8. The molecule has 1 atom stereocenters. The van der Waals surface area contributed by atoms with Crippen LogP contribution < -0.4 is 19.3 Å². The van der Waals surface area contributed by atoms with Crippen LogP contribution >= 0.6 is 0 Å². The molecule has 252 valence electrons. The first kappa shape index (κ1) is 33.7. The van der Waals surface area contributed by atoms with Crippen molar-refractivity contribution >= 4 is 34.1 Å². The molecule has 50 heavy (non-hydrogen) atoms. The lowest BCUT2D eigenvalue weighted by Gasteiger charge is -2.26. The minimum absolute atomic E-state index is 0.0190. The predicted octanol–water partition coefficient (Wildman–Crippen LogP) is 9.36. The Bertz CT molecular complexity index is 1950. The summed E-state index contributed by atoms with van der Waals surface area (Å²) in [4.78, 5) is 4.32. The molecule has 6 rings (SSSR count). The van der Waals surface area contributed by atoms with Crippen LogP contribution in [0.15, 0.2) is 170 Å². The van der Waals surface area contributed by atoms with Crippen molar-refractivity contribution in [3.05, 3.63) is 170 Å². The van der Waals surface area contributed by atoms with Crippen molar-refractivity contribution in [2.24, 2.45) is 0 Å². The molecule has 6 aromatic carbocycles. The van der Waals surface area contributed by atoms with Crippen LogP contribution in [0.1, 0.15) is 0 Å². The summed E-state index contributed by atoms with van der Waals surface area (Å²) < 4.78 is 11.2. The zero-order chi connectivity index (χ0) is 34.7. The second-order valence-corrected chi connectivity index (χ2v) is 11.5. The number of nitrogens with zero attached hydrogens (tertiary/aromatic N) is 2. The topological polar surface area (TPSA) is 106 Å². The Balaban J connectivity index is 1.24. The number of aliphatic hydroxyl groups excluding tert-OH is 4. The molecule has 8 heteroatoms. The van der Waals surface area contributed by atoms with Gasteiger partial charge in [-0.2, -0.15) is 0 Å². The molecule has 0 aliphatic carbocycles. The van der Waals surface area contributed by atoms with Crippen molar-refractivity contribution in [3.8, 4) is 22.6 Å². The van der Waals surface area contributed by atoms with Gasteiger partial charge in [-0.05, 0) is 108 Å². The van der Waals surface area contributed by atoms with E-state index in [2.05, 4.69) is 82.6 Å². The fourth-order valence-electron chi connectivity index (χ4n) is 5.48. The van der Waals surface area contributed by atoms with Crippen LogP contribution in [0.4, 0.5) is 34.1 Å². The van der Waals surface area contributed by atoms with Crippen LogP contribution in [-0.4, -0.2) is 46.4 Å². The SMILES string of the molecule is O/C=C(/O)COc1ccc(N(c2ccccc2)c2ccc(-c3ccc(N(c4ccccc4)c4ccc(OCC(O)CO)cc4)cc3)cc2)cc1. The van der Waals surface area contributed by atoms with E-state index in [1.807, 2.05) is 84.9 Å². The highest BCUT2D eigenvalue weighted by Crippen LogP contribution is 2.38. The Morgan fingerprint density at radius 1 is 0.520 bits per heavy atom. The van der Waals surface area contributed by atoms with E-state index in [-0.39, 0.29) is 25.6 Å². The van der Waals surface area contributed by atoms with E-state index < -0.39 is 6.10 Å². The molecule has 0 aliphatic rings. The first-order chi connectivity index (χ1) is 24.5. The average Bonchev–Trinajstić information content (AvgIpc) is 3.18. The highest BCUT2D eigenvalue weighted by Gasteiger charge is 2.15. The van der Waals surface area contributed by atoms with Crippen molar-refractivity contribution in [3.63, 3.8) is 0 Å². The molecule has 6 aromatic rings. The van der Waals surface area contributed by atoms with Crippen LogP contribution in [0.2, 0.25) is 0 Å². The fraction of sp³-hybridized carbons (Fsp3) is 0.0952. The molecule has 0 fully saturated rings. The molecule has 0 bridgehead atoms. The van der Waals surface area contributed by atoms with Gasteiger partial charge in [0, 0.05) is 34.1 Å². The highest BCUT2D eigenvalue weighted by molar-refractivity contribution is 5.80. The third-order valence-corrected chi connectivity index (χ3v) is 7.99. The largest absolute Gasteiger partial charge is 0.512 e. The monoisotopic (exact) mass is 666 g/mol. The lowest BCUT2D eigenvalue weighted by Crippen LogP contribution is -2.21. The van der Waals surface area contributed by atoms with Gasteiger partial charge in [-0.25, -0.2) is 0 Å². The molecule has 0 saturated heterocycles. The Labute approximate surface area is 291 Å². The highest BCUT2D eigenvalue weighted by atomic mass is 16.5. The van der Waals surface area contributed by atoms with Crippen molar-refractivity contribution in [2.75, 3.05) is 29.6 Å². The van der Waals surface area contributed by atoms with Gasteiger partial charge in [0.1, 0.15) is 37.1 Å². The van der Waals surface area contributed by atoms with Gasteiger partial charge >= 0.3 is 0 Å². The van der Waals surface area contributed by atoms with Crippen LogP contribution in [0.25, 0.3) is 11.1 Å². The van der Waals surface area contributed by atoms with Gasteiger partial charge in [0.05, 0.1) is 6.61 Å². The average molecular weight is 667 g/mol. The van der Waals surface area contributed by atoms with Crippen LogP contribution in [-0.2, 0) is 0 Å². The number of rotatable bonds is 14. The summed E-state index contributed by atoms with van der Waals surface area (Å²) in [5.74, 6) is 0.928. The van der Waals surface area contributed by atoms with E-state index in [0.717, 1.165) is 45.3 Å². The minimum atomic E-state index is -0.926.